The minimum absolute atomic E-state index is 0.00185. The highest BCUT2D eigenvalue weighted by Gasteiger charge is 2.29. The number of ketones is 1. The van der Waals surface area contributed by atoms with Gasteiger partial charge < -0.3 is 19.4 Å². The topological polar surface area (TPSA) is 67.2 Å². The minimum atomic E-state index is -0.231. The molecule has 2 aromatic carbocycles. The predicted molar refractivity (Wildman–Crippen MR) is 136 cm³/mol. The number of ether oxygens (including phenoxy) is 1. The molecule has 5 rings (SSSR count). The molecular weight excluding hydrogens is 424 g/mol. The minimum Gasteiger partial charge on any atom is -0.493 e. The lowest BCUT2D eigenvalue weighted by molar-refractivity contribution is 0.0856. The van der Waals surface area contributed by atoms with Gasteiger partial charge in [0.2, 0.25) is 0 Å². The van der Waals surface area contributed by atoms with Gasteiger partial charge in [0.05, 0.1) is 19.1 Å². The van der Waals surface area contributed by atoms with Gasteiger partial charge in [0.15, 0.2) is 5.78 Å². The summed E-state index contributed by atoms with van der Waals surface area (Å²) in [7, 11) is 0. The van der Waals surface area contributed by atoms with Gasteiger partial charge in [-0.1, -0.05) is 55.1 Å². The van der Waals surface area contributed by atoms with Gasteiger partial charge >= 0.3 is 0 Å². The smallest absolute Gasteiger partial charge is 0.171 e. The van der Waals surface area contributed by atoms with Crippen LogP contribution in [-0.4, -0.2) is 33.7 Å². The van der Waals surface area contributed by atoms with Gasteiger partial charge in [-0.3, -0.25) is 4.79 Å². The van der Waals surface area contributed by atoms with Crippen LogP contribution >= 0.6 is 0 Å². The van der Waals surface area contributed by atoms with Crippen LogP contribution in [0.25, 0.3) is 28.1 Å². The highest BCUT2D eigenvalue weighted by atomic mass is 16.5. The molecule has 5 nitrogen and oxygen atoms in total. The van der Waals surface area contributed by atoms with Crippen molar-refractivity contribution in [1.82, 2.24) is 9.55 Å². The predicted octanol–water partition coefficient (Wildman–Crippen LogP) is 5.57. The lowest BCUT2D eigenvalue weighted by Gasteiger charge is -2.24. The molecule has 0 saturated heterocycles. The molecule has 1 atom stereocenters. The average Bonchev–Trinajstić information content (AvgIpc) is 3.42. The highest BCUT2D eigenvalue weighted by Crippen LogP contribution is 2.34. The van der Waals surface area contributed by atoms with Crippen LogP contribution in [0.4, 0.5) is 0 Å². The van der Waals surface area contributed by atoms with E-state index in [9.17, 15) is 9.90 Å². The van der Waals surface area contributed by atoms with E-state index in [1.54, 1.807) is 6.08 Å². The molecule has 5 heteroatoms. The van der Waals surface area contributed by atoms with Gasteiger partial charge in [-0.25, -0.2) is 0 Å². The van der Waals surface area contributed by atoms with Crippen molar-refractivity contribution >= 4 is 22.8 Å². The Kier molecular flexibility index (Phi) is 5.95. The first kappa shape index (κ1) is 22.0. The van der Waals surface area contributed by atoms with E-state index in [1.165, 1.54) is 0 Å². The molecule has 4 aromatic rings. The van der Waals surface area contributed by atoms with E-state index in [0.29, 0.717) is 25.1 Å². The fourth-order valence-corrected chi connectivity index (χ4v) is 4.82. The fourth-order valence-electron chi connectivity index (χ4n) is 4.82. The number of aromatic amines is 1. The Labute approximate surface area is 199 Å². The van der Waals surface area contributed by atoms with Gasteiger partial charge in [0.1, 0.15) is 5.75 Å². The zero-order chi connectivity index (χ0) is 23.7. The number of para-hydroxylation sites is 1. The SMILES string of the molecule is C=C/C=C\c1c(-c2ccc3c(C(=O)C4COc5ccccc5C4)cn(CCO)c3c2)c[nH]c1C. The highest BCUT2D eigenvalue weighted by molar-refractivity contribution is 6.10. The van der Waals surface area contributed by atoms with E-state index in [4.69, 9.17) is 4.74 Å². The zero-order valence-electron chi connectivity index (χ0n) is 19.3. The van der Waals surface area contributed by atoms with Crippen LogP contribution in [0.3, 0.4) is 0 Å². The largest absolute Gasteiger partial charge is 0.493 e. The number of aliphatic hydroxyl groups is 1. The second-order valence-electron chi connectivity index (χ2n) is 8.71. The molecule has 0 fully saturated rings. The number of hydrogen-bond acceptors (Lipinski definition) is 3. The Bertz CT molecular complexity index is 1410. The van der Waals surface area contributed by atoms with Crippen molar-refractivity contribution in [3.8, 4) is 16.9 Å². The molecular formula is C29H28N2O3. The van der Waals surface area contributed by atoms with E-state index >= 15 is 0 Å². The van der Waals surface area contributed by atoms with Crippen LogP contribution < -0.4 is 4.74 Å². The van der Waals surface area contributed by atoms with Gasteiger partial charge in [-0.2, -0.15) is 0 Å². The summed E-state index contributed by atoms with van der Waals surface area (Å²) < 4.78 is 7.86. The summed E-state index contributed by atoms with van der Waals surface area (Å²) in [5.74, 6) is 0.712. The lowest BCUT2D eigenvalue weighted by Crippen LogP contribution is -2.28. The van der Waals surface area contributed by atoms with E-state index < -0.39 is 0 Å². The number of benzene rings is 2. The van der Waals surface area contributed by atoms with Crippen molar-refractivity contribution in [2.75, 3.05) is 13.2 Å². The molecule has 0 aliphatic carbocycles. The third-order valence-corrected chi connectivity index (χ3v) is 6.58. The normalized spacial score (nSPS) is 15.4. The number of H-pyrrole nitrogens is 1. The number of rotatable bonds is 7. The molecule has 2 N–H and O–H groups in total. The first-order valence-corrected chi connectivity index (χ1v) is 11.6. The summed E-state index contributed by atoms with van der Waals surface area (Å²) in [6, 6.07) is 14.1. The lowest BCUT2D eigenvalue weighted by atomic mass is 9.89. The Balaban J connectivity index is 1.55. The summed E-state index contributed by atoms with van der Waals surface area (Å²) in [5, 5.41) is 10.6. The number of allylic oxidation sites excluding steroid dienone is 2. The van der Waals surface area contributed by atoms with Gasteiger partial charge in [0, 0.05) is 52.2 Å². The van der Waals surface area contributed by atoms with Gasteiger partial charge in [-0.15, -0.1) is 0 Å². The molecule has 0 radical (unpaired) electrons. The van der Waals surface area contributed by atoms with Crippen LogP contribution in [0, 0.1) is 12.8 Å². The number of aromatic nitrogens is 2. The molecule has 0 bridgehead atoms. The molecule has 0 amide bonds. The third-order valence-electron chi connectivity index (χ3n) is 6.58. The van der Waals surface area contributed by atoms with Crippen molar-refractivity contribution in [3.63, 3.8) is 0 Å². The summed E-state index contributed by atoms with van der Waals surface area (Å²) in [5.41, 5.74) is 6.99. The average molecular weight is 453 g/mol. The number of nitrogens with zero attached hydrogens (tertiary/aromatic N) is 1. The van der Waals surface area contributed by atoms with E-state index in [0.717, 1.165) is 44.6 Å². The molecule has 1 unspecified atom stereocenters. The number of nitrogens with one attached hydrogen (secondary N) is 1. The van der Waals surface area contributed by atoms with Crippen LogP contribution in [0.15, 0.2) is 73.6 Å². The standard InChI is InChI=1S/C29H28N2O3/c1-3-4-8-23-19(2)30-16-25(23)20-10-11-24-26(17-31(12-13-32)27(24)15-20)29(33)22-14-21-7-5-6-9-28(21)34-18-22/h3-11,15-17,22,30,32H,1,12-14,18H2,2H3/b8-4-. The first-order valence-electron chi connectivity index (χ1n) is 11.6. The zero-order valence-corrected chi connectivity index (χ0v) is 19.3. The molecule has 0 spiro atoms. The summed E-state index contributed by atoms with van der Waals surface area (Å²) in [6.45, 7) is 6.61. The summed E-state index contributed by atoms with van der Waals surface area (Å²) in [4.78, 5) is 16.9. The second kappa shape index (κ2) is 9.20. The molecule has 0 saturated carbocycles. The van der Waals surface area contributed by atoms with E-state index in [-0.39, 0.29) is 18.3 Å². The van der Waals surface area contributed by atoms with Crippen LogP contribution in [0.5, 0.6) is 5.75 Å². The number of aliphatic hydroxyl groups excluding tert-OH is 1. The van der Waals surface area contributed by atoms with Crippen molar-refractivity contribution in [2.45, 2.75) is 19.9 Å². The second-order valence-corrected chi connectivity index (χ2v) is 8.71. The van der Waals surface area contributed by atoms with Crippen molar-refractivity contribution in [1.29, 1.82) is 0 Å². The monoisotopic (exact) mass is 452 g/mol. The molecule has 2 aromatic heterocycles. The number of carbonyl (C=O) groups excluding carboxylic acids is 1. The van der Waals surface area contributed by atoms with Gasteiger partial charge in [0.25, 0.3) is 0 Å². The Morgan fingerprint density at radius 2 is 2.15 bits per heavy atom. The van der Waals surface area contributed by atoms with Gasteiger partial charge in [-0.05, 0) is 36.6 Å². The Morgan fingerprint density at radius 3 is 2.97 bits per heavy atom. The number of aryl methyl sites for hydroxylation is 1. The molecule has 1 aliphatic rings. The summed E-state index contributed by atoms with van der Waals surface area (Å²) >= 11 is 0. The maximum absolute atomic E-state index is 13.6. The first-order chi connectivity index (χ1) is 16.6. The molecule has 1 aliphatic heterocycles. The van der Waals surface area contributed by atoms with E-state index in [1.807, 2.05) is 66.4 Å². The van der Waals surface area contributed by atoms with Crippen LogP contribution in [0.1, 0.15) is 27.2 Å². The maximum Gasteiger partial charge on any atom is 0.171 e. The number of hydrogen-bond donors (Lipinski definition) is 2. The van der Waals surface area contributed by atoms with Crippen molar-refractivity contribution < 1.29 is 14.6 Å². The molecule has 172 valence electrons. The number of Topliss-reactive ketones (excluding diaryl/α,β-unsaturated/α-hetero) is 1. The van der Waals surface area contributed by atoms with Crippen LogP contribution in [0.2, 0.25) is 0 Å². The van der Waals surface area contributed by atoms with Crippen LogP contribution in [-0.2, 0) is 13.0 Å². The Morgan fingerprint density at radius 1 is 1.29 bits per heavy atom. The van der Waals surface area contributed by atoms with E-state index in [2.05, 4.69) is 23.7 Å². The number of carbonyl (C=O) groups is 1. The van der Waals surface area contributed by atoms with Crippen molar-refractivity contribution in [3.05, 3.63) is 96.0 Å². The third kappa shape index (κ3) is 3.88. The molecule has 3 heterocycles. The Hall–Kier alpha value is -3.83. The number of fused-ring (bicyclic) bond motifs is 2. The van der Waals surface area contributed by atoms with Crippen molar-refractivity contribution in [2.24, 2.45) is 5.92 Å². The maximum atomic E-state index is 13.6. The fraction of sp³-hybridized carbons (Fsp3) is 0.207. The quantitative estimate of drug-likeness (QED) is 0.285. The summed E-state index contributed by atoms with van der Waals surface area (Å²) in [6.07, 6.45) is 10.3. The molecule has 34 heavy (non-hydrogen) atoms.